The quantitative estimate of drug-likeness (QED) is 0.327. The zero-order valence-corrected chi connectivity index (χ0v) is 10.6. The third kappa shape index (κ3) is 4.87. The zero-order valence-electron chi connectivity index (χ0n) is 10.6. The average Bonchev–Trinajstić information content (AvgIpc) is 2.39. The number of carbonyl (C=O) groups is 2. The van der Waals surface area contributed by atoms with Crippen LogP contribution in [0, 0.1) is 10.1 Å². The lowest BCUT2D eigenvalue weighted by Gasteiger charge is -2.02. The van der Waals surface area contributed by atoms with Crippen molar-refractivity contribution in [3.63, 3.8) is 0 Å². The maximum atomic E-state index is 11.7. The first kappa shape index (κ1) is 14.8. The van der Waals surface area contributed by atoms with Gasteiger partial charge in [-0.15, -0.1) is 0 Å². The molecule has 0 atom stereocenters. The minimum absolute atomic E-state index is 0.0527. The molecule has 0 fully saturated rings. The molecule has 6 heteroatoms. The van der Waals surface area contributed by atoms with E-state index >= 15 is 0 Å². The molecule has 19 heavy (non-hydrogen) atoms. The first-order chi connectivity index (χ1) is 9.04. The number of Topliss-reactive ketones (excluding diaryl/α,β-unsaturated/α-hetero) is 1. The fourth-order valence-electron chi connectivity index (χ4n) is 1.54. The summed E-state index contributed by atoms with van der Waals surface area (Å²) in [6.07, 6.45) is 0.831. The highest BCUT2D eigenvalue weighted by atomic mass is 16.6. The molecule has 0 radical (unpaired) electrons. The summed E-state index contributed by atoms with van der Waals surface area (Å²) in [6, 6.07) is 5.42. The van der Waals surface area contributed by atoms with Gasteiger partial charge in [-0.25, -0.2) is 0 Å². The second kappa shape index (κ2) is 7.25. The minimum atomic E-state index is -0.519. The highest BCUT2D eigenvalue weighted by Gasteiger charge is 2.10. The molecule has 1 aromatic rings. The summed E-state index contributed by atoms with van der Waals surface area (Å²) in [6.45, 7) is 2.05. The second-order valence-corrected chi connectivity index (χ2v) is 3.89. The van der Waals surface area contributed by atoms with Crippen LogP contribution in [0.15, 0.2) is 24.3 Å². The predicted molar refractivity (Wildman–Crippen MR) is 67.9 cm³/mol. The Morgan fingerprint density at radius 2 is 1.84 bits per heavy atom. The van der Waals surface area contributed by atoms with E-state index < -0.39 is 4.92 Å². The molecule has 6 nitrogen and oxygen atoms in total. The van der Waals surface area contributed by atoms with E-state index in [9.17, 15) is 19.7 Å². The molecule has 0 heterocycles. The molecule has 0 bridgehead atoms. The van der Waals surface area contributed by atoms with Crippen molar-refractivity contribution in [2.75, 3.05) is 6.61 Å². The van der Waals surface area contributed by atoms with Gasteiger partial charge in [-0.2, -0.15) is 0 Å². The summed E-state index contributed by atoms with van der Waals surface area (Å²) in [5, 5.41) is 10.5. The summed E-state index contributed by atoms with van der Waals surface area (Å²) in [4.78, 5) is 32.8. The van der Waals surface area contributed by atoms with Gasteiger partial charge in [0.05, 0.1) is 11.5 Å². The van der Waals surface area contributed by atoms with E-state index in [-0.39, 0.29) is 30.3 Å². The Morgan fingerprint density at radius 1 is 1.21 bits per heavy atom. The van der Waals surface area contributed by atoms with Gasteiger partial charge in [0.1, 0.15) is 0 Å². The van der Waals surface area contributed by atoms with Gasteiger partial charge in [0, 0.05) is 30.5 Å². The first-order valence-electron chi connectivity index (χ1n) is 5.98. The van der Waals surface area contributed by atoms with Gasteiger partial charge in [-0.1, -0.05) is 0 Å². The number of nitro groups is 1. The Bertz CT molecular complexity index is 466. The van der Waals surface area contributed by atoms with Gasteiger partial charge >= 0.3 is 5.97 Å². The van der Waals surface area contributed by atoms with E-state index in [1.54, 1.807) is 6.92 Å². The summed E-state index contributed by atoms with van der Waals surface area (Å²) in [5.41, 5.74) is 0.359. The van der Waals surface area contributed by atoms with Gasteiger partial charge in [0.2, 0.25) is 0 Å². The van der Waals surface area contributed by atoms with Crippen LogP contribution in [-0.2, 0) is 9.53 Å². The molecule has 0 aromatic heterocycles. The molecular formula is C13H15NO5. The Kier molecular flexibility index (Phi) is 5.66. The topological polar surface area (TPSA) is 86.5 Å². The minimum Gasteiger partial charge on any atom is -0.466 e. The standard InChI is InChI=1S/C13H15NO5/c1-2-19-13(16)5-3-4-12(15)10-6-8-11(9-7-10)14(17)18/h6-9H,2-5H2,1H3. The van der Waals surface area contributed by atoms with Crippen LogP contribution >= 0.6 is 0 Å². The van der Waals surface area contributed by atoms with Crippen molar-refractivity contribution in [3.8, 4) is 0 Å². The molecule has 0 unspecified atom stereocenters. The van der Waals surface area contributed by atoms with E-state index in [1.165, 1.54) is 24.3 Å². The molecular weight excluding hydrogens is 250 g/mol. The lowest BCUT2D eigenvalue weighted by atomic mass is 10.1. The van der Waals surface area contributed by atoms with Crippen molar-refractivity contribution >= 4 is 17.4 Å². The lowest BCUT2D eigenvalue weighted by Crippen LogP contribution is -2.05. The normalized spacial score (nSPS) is 9.95. The summed E-state index contributed by atoms with van der Waals surface area (Å²) < 4.78 is 4.75. The number of nitrogens with zero attached hydrogens (tertiary/aromatic N) is 1. The first-order valence-corrected chi connectivity index (χ1v) is 5.98. The van der Waals surface area contributed by atoms with Crippen molar-refractivity contribution in [2.24, 2.45) is 0 Å². The number of hydrogen-bond acceptors (Lipinski definition) is 5. The number of esters is 1. The molecule has 102 valence electrons. The van der Waals surface area contributed by atoms with Crippen LogP contribution in [-0.4, -0.2) is 23.3 Å². The van der Waals surface area contributed by atoms with Gasteiger partial charge < -0.3 is 4.74 Å². The van der Waals surface area contributed by atoms with E-state index in [4.69, 9.17) is 4.74 Å². The summed E-state index contributed by atoms with van der Waals surface area (Å²) in [7, 11) is 0. The van der Waals surface area contributed by atoms with Crippen molar-refractivity contribution in [1.82, 2.24) is 0 Å². The van der Waals surface area contributed by atoms with Crippen LogP contribution in [0.4, 0.5) is 5.69 Å². The maximum absolute atomic E-state index is 11.7. The SMILES string of the molecule is CCOC(=O)CCCC(=O)c1ccc([N+](=O)[O-])cc1. The molecule has 1 aromatic carbocycles. The second-order valence-electron chi connectivity index (χ2n) is 3.89. The van der Waals surface area contributed by atoms with Crippen molar-refractivity contribution in [2.45, 2.75) is 26.2 Å². The van der Waals surface area contributed by atoms with E-state index in [0.29, 0.717) is 18.6 Å². The van der Waals surface area contributed by atoms with Gasteiger partial charge in [0.25, 0.3) is 5.69 Å². The number of rotatable bonds is 7. The third-order valence-corrected chi connectivity index (χ3v) is 2.49. The molecule has 0 N–H and O–H groups in total. The molecule has 0 saturated heterocycles. The Morgan fingerprint density at radius 3 is 2.37 bits per heavy atom. The molecule has 0 aliphatic heterocycles. The van der Waals surface area contributed by atoms with E-state index in [1.807, 2.05) is 0 Å². The number of ether oxygens (including phenoxy) is 1. The molecule has 0 saturated carbocycles. The van der Waals surface area contributed by atoms with Crippen molar-refractivity contribution < 1.29 is 19.2 Å². The highest BCUT2D eigenvalue weighted by Crippen LogP contribution is 2.14. The molecule has 0 spiro atoms. The number of carbonyl (C=O) groups excluding carboxylic acids is 2. The van der Waals surface area contributed by atoms with Gasteiger partial charge in [-0.05, 0) is 25.5 Å². The monoisotopic (exact) mass is 265 g/mol. The number of nitro benzene ring substituents is 1. The van der Waals surface area contributed by atoms with E-state index in [2.05, 4.69) is 0 Å². The number of ketones is 1. The molecule has 0 aliphatic carbocycles. The van der Waals surface area contributed by atoms with Crippen LogP contribution < -0.4 is 0 Å². The highest BCUT2D eigenvalue weighted by molar-refractivity contribution is 5.96. The molecule has 0 aliphatic rings. The van der Waals surface area contributed by atoms with Crippen LogP contribution in [0.25, 0.3) is 0 Å². The Labute approximate surface area is 110 Å². The van der Waals surface area contributed by atoms with Crippen molar-refractivity contribution in [1.29, 1.82) is 0 Å². The number of non-ortho nitro benzene ring substituents is 1. The average molecular weight is 265 g/mol. The molecule has 0 amide bonds. The van der Waals surface area contributed by atoms with Crippen LogP contribution in [0.1, 0.15) is 36.5 Å². The Hall–Kier alpha value is -2.24. The third-order valence-electron chi connectivity index (χ3n) is 2.49. The van der Waals surface area contributed by atoms with Crippen LogP contribution in [0.2, 0.25) is 0 Å². The number of benzene rings is 1. The van der Waals surface area contributed by atoms with Gasteiger partial charge in [0.15, 0.2) is 5.78 Å². The molecule has 1 rings (SSSR count). The summed E-state index contributed by atoms with van der Waals surface area (Å²) >= 11 is 0. The maximum Gasteiger partial charge on any atom is 0.305 e. The summed E-state index contributed by atoms with van der Waals surface area (Å²) in [5.74, 6) is -0.460. The van der Waals surface area contributed by atoms with Gasteiger partial charge in [-0.3, -0.25) is 19.7 Å². The predicted octanol–water partition coefficient (Wildman–Crippen LogP) is 2.51. The van der Waals surface area contributed by atoms with Crippen molar-refractivity contribution in [3.05, 3.63) is 39.9 Å². The lowest BCUT2D eigenvalue weighted by molar-refractivity contribution is -0.384. The van der Waals surface area contributed by atoms with Crippen LogP contribution in [0.3, 0.4) is 0 Å². The largest absolute Gasteiger partial charge is 0.466 e. The number of hydrogen-bond donors (Lipinski definition) is 0. The Balaban J connectivity index is 2.45. The van der Waals surface area contributed by atoms with Crippen LogP contribution in [0.5, 0.6) is 0 Å². The fraction of sp³-hybridized carbons (Fsp3) is 0.385. The fourth-order valence-corrected chi connectivity index (χ4v) is 1.54. The van der Waals surface area contributed by atoms with E-state index in [0.717, 1.165) is 0 Å². The zero-order chi connectivity index (χ0) is 14.3. The smallest absolute Gasteiger partial charge is 0.305 e.